The molecule has 0 aliphatic carbocycles. The average molecular weight is 699 g/mol. The fourth-order valence-electron chi connectivity index (χ4n) is 8.02. The lowest BCUT2D eigenvalue weighted by molar-refractivity contribution is 1.18. The quantitative estimate of drug-likeness (QED) is 0.174. The number of hydrogen-bond acceptors (Lipinski definition) is 3. The molecule has 0 N–H and O–H groups in total. The SMILES string of the molecule is c1ccc(N(c2ccc(-c3cccc4c3sc3ccccc34)cc2)c2ccc3c4ccccc4n(-c4ccc5sc6ccccc6c5c4)c3c2)cc1. The molecule has 0 saturated heterocycles. The minimum Gasteiger partial charge on any atom is -0.310 e. The van der Waals surface area contributed by atoms with Crippen LogP contribution in [0.4, 0.5) is 17.1 Å². The van der Waals surface area contributed by atoms with Crippen LogP contribution in [-0.4, -0.2) is 4.57 Å². The van der Waals surface area contributed by atoms with E-state index in [0.717, 1.165) is 17.1 Å². The molecule has 0 fully saturated rings. The van der Waals surface area contributed by atoms with E-state index in [0.29, 0.717) is 0 Å². The summed E-state index contributed by atoms with van der Waals surface area (Å²) in [6, 6.07) is 66.6. The molecule has 0 amide bonds. The number of thiophene rings is 2. The first-order valence-corrected chi connectivity index (χ1v) is 19.2. The fraction of sp³-hybridized carbons (Fsp3) is 0. The smallest absolute Gasteiger partial charge is 0.0561 e. The summed E-state index contributed by atoms with van der Waals surface area (Å²) in [5.74, 6) is 0. The van der Waals surface area contributed by atoms with Gasteiger partial charge >= 0.3 is 0 Å². The number of para-hydroxylation sites is 2. The predicted octanol–water partition coefficient (Wildman–Crippen LogP) is 14.7. The predicted molar refractivity (Wildman–Crippen MR) is 227 cm³/mol. The summed E-state index contributed by atoms with van der Waals surface area (Å²) in [5.41, 5.74) is 9.42. The van der Waals surface area contributed by atoms with Gasteiger partial charge in [-0.3, -0.25) is 0 Å². The van der Waals surface area contributed by atoms with Crippen molar-refractivity contribution in [2.45, 2.75) is 0 Å². The zero-order chi connectivity index (χ0) is 34.2. The highest BCUT2D eigenvalue weighted by molar-refractivity contribution is 7.26. The summed E-state index contributed by atoms with van der Waals surface area (Å²) in [7, 11) is 0. The molecule has 0 aliphatic heterocycles. The van der Waals surface area contributed by atoms with E-state index in [9.17, 15) is 0 Å². The molecular weight excluding hydrogens is 669 g/mol. The van der Waals surface area contributed by atoms with Crippen molar-refractivity contribution in [2.75, 3.05) is 4.90 Å². The van der Waals surface area contributed by atoms with Crippen LogP contribution in [0, 0.1) is 0 Å². The molecule has 0 bridgehead atoms. The van der Waals surface area contributed by atoms with E-state index in [2.05, 4.69) is 191 Å². The third-order valence-corrected chi connectivity index (χ3v) is 12.8. The minimum atomic E-state index is 1.11. The van der Waals surface area contributed by atoms with Gasteiger partial charge in [-0.15, -0.1) is 22.7 Å². The van der Waals surface area contributed by atoms with Crippen LogP contribution >= 0.6 is 22.7 Å². The number of benzene rings is 8. The van der Waals surface area contributed by atoms with E-state index in [4.69, 9.17) is 0 Å². The van der Waals surface area contributed by atoms with Crippen LogP contribution in [0.25, 0.3) is 79.0 Å². The van der Waals surface area contributed by atoms with Crippen molar-refractivity contribution < 1.29 is 0 Å². The Kier molecular flexibility index (Phi) is 6.63. The van der Waals surface area contributed by atoms with E-state index in [1.54, 1.807) is 0 Å². The molecule has 0 unspecified atom stereocenters. The molecule has 52 heavy (non-hydrogen) atoms. The lowest BCUT2D eigenvalue weighted by atomic mass is 10.0. The Bertz CT molecular complexity index is 3130. The van der Waals surface area contributed by atoms with Crippen LogP contribution < -0.4 is 4.90 Å². The van der Waals surface area contributed by atoms with E-state index in [1.165, 1.54) is 79.0 Å². The standard InChI is InChI=1S/C48H30N2S2/c1-2-11-32(12-3-1)49(33-23-21-31(22-24-33)36-16-10-17-41-39-14-5-9-20-46(39)52-48(36)41)35-25-27-38-37-13-4-7-18-43(37)50(44(38)30-35)34-26-28-47-42(29-34)40-15-6-8-19-45(40)51-47/h1-30H. The van der Waals surface area contributed by atoms with E-state index in [-0.39, 0.29) is 0 Å². The monoisotopic (exact) mass is 698 g/mol. The Morgan fingerprint density at radius 3 is 1.81 bits per heavy atom. The highest BCUT2D eigenvalue weighted by atomic mass is 32.1. The van der Waals surface area contributed by atoms with Crippen molar-refractivity contribution in [2.24, 2.45) is 0 Å². The molecule has 0 aliphatic rings. The zero-order valence-corrected chi connectivity index (χ0v) is 29.7. The van der Waals surface area contributed by atoms with Crippen molar-refractivity contribution in [3.8, 4) is 16.8 Å². The van der Waals surface area contributed by atoms with Crippen LogP contribution in [0.5, 0.6) is 0 Å². The van der Waals surface area contributed by atoms with Crippen LogP contribution in [0.15, 0.2) is 182 Å². The molecule has 11 rings (SSSR count). The lowest BCUT2D eigenvalue weighted by Crippen LogP contribution is -2.10. The van der Waals surface area contributed by atoms with Gasteiger partial charge in [-0.25, -0.2) is 0 Å². The molecule has 2 nitrogen and oxygen atoms in total. The van der Waals surface area contributed by atoms with Gasteiger partial charge in [0.1, 0.15) is 0 Å². The van der Waals surface area contributed by atoms with Crippen molar-refractivity contribution in [3.05, 3.63) is 182 Å². The molecular formula is C48H30N2S2. The van der Waals surface area contributed by atoms with Gasteiger partial charge in [-0.05, 0) is 83.9 Å². The molecule has 11 aromatic rings. The zero-order valence-electron chi connectivity index (χ0n) is 28.0. The second-order valence-corrected chi connectivity index (χ2v) is 15.5. The average Bonchev–Trinajstić information content (AvgIpc) is 3.88. The van der Waals surface area contributed by atoms with Crippen LogP contribution in [-0.2, 0) is 0 Å². The molecule has 0 atom stereocenters. The number of fused-ring (bicyclic) bond motifs is 9. The van der Waals surface area contributed by atoms with Crippen molar-refractivity contribution in [1.82, 2.24) is 4.57 Å². The van der Waals surface area contributed by atoms with Gasteiger partial charge in [0.15, 0.2) is 0 Å². The van der Waals surface area contributed by atoms with Crippen LogP contribution in [0.2, 0.25) is 0 Å². The Labute approximate surface area is 308 Å². The van der Waals surface area contributed by atoms with Crippen molar-refractivity contribution in [3.63, 3.8) is 0 Å². The van der Waals surface area contributed by atoms with Crippen LogP contribution in [0.1, 0.15) is 0 Å². The topological polar surface area (TPSA) is 8.17 Å². The second-order valence-electron chi connectivity index (χ2n) is 13.3. The van der Waals surface area contributed by atoms with Crippen molar-refractivity contribution >= 4 is 102 Å². The number of anilines is 3. The van der Waals surface area contributed by atoms with Gasteiger partial charge in [-0.2, -0.15) is 0 Å². The lowest BCUT2D eigenvalue weighted by Gasteiger charge is -2.26. The third kappa shape index (κ3) is 4.55. The molecule has 0 spiro atoms. The molecule has 244 valence electrons. The number of rotatable bonds is 5. The van der Waals surface area contributed by atoms with Crippen molar-refractivity contribution in [1.29, 1.82) is 0 Å². The molecule has 8 aromatic carbocycles. The summed E-state index contributed by atoms with van der Waals surface area (Å²) >= 11 is 3.74. The van der Waals surface area contributed by atoms with Gasteiger partial charge < -0.3 is 9.47 Å². The maximum Gasteiger partial charge on any atom is 0.0561 e. The van der Waals surface area contributed by atoms with E-state index in [1.807, 2.05) is 22.7 Å². The van der Waals surface area contributed by atoms with Gasteiger partial charge in [-0.1, -0.05) is 109 Å². The summed E-state index contributed by atoms with van der Waals surface area (Å²) in [6.07, 6.45) is 0. The fourth-order valence-corrected chi connectivity index (χ4v) is 10.3. The summed E-state index contributed by atoms with van der Waals surface area (Å²) < 4.78 is 7.74. The third-order valence-electron chi connectivity index (χ3n) is 10.4. The van der Waals surface area contributed by atoms with Gasteiger partial charge in [0.25, 0.3) is 0 Å². The van der Waals surface area contributed by atoms with E-state index >= 15 is 0 Å². The van der Waals surface area contributed by atoms with Gasteiger partial charge in [0.2, 0.25) is 0 Å². The number of aromatic nitrogens is 1. The highest BCUT2D eigenvalue weighted by Crippen LogP contribution is 2.43. The first-order valence-electron chi connectivity index (χ1n) is 17.6. The van der Waals surface area contributed by atoms with Gasteiger partial charge in [0, 0.05) is 73.9 Å². The normalized spacial score (nSPS) is 11.8. The maximum atomic E-state index is 2.44. The Balaban J connectivity index is 1.08. The van der Waals surface area contributed by atoms with Crippen LogP contribution in [0.3, 0.4) is 0 Å². The Morgan fingerprint density at radius 2 is 0.981 bits per heavy atom. The highest BCUT2D eigenvalue weighted by Gasteiger charge is 2.19. The molecule has 4 heteroatoms. The molecule has 0 radical (unpaired) electrons. The van der Waals surface area contributed by atoms with E-state index < -0.39 is 0 Å². The maximum absolute atomic E-state index is 2.44. The molecule has 3 heterocycles. The largest absolute Gasteiger partial charge is 0.310 e. The Hall–Kier alpha value is -6.20. The first kappa shape index (κ1) is 29.5. The number of hydrogen-bond donors (Lipinski definition) is 0. The number of nitrogens with zero attached hydrogens (tertiary/aromatic N) is 2. The van der Waals surface area contributed by atoms with Gasteiger partial charge in [0.05, 0.1) is 11.0 Å². The molecule has 0 saturated carbocycles. The summed E-state index contributed by atoms with van der Waals surface area (Å²) in [4.78, 5) is 2.38. The first-order chi connectivity index (χ1) is 25.8. The summed E-state index contributed by atoms with van der Waals surface area (Å²) in [6.45, 7) is 0. The summed E-state index contributed by atoms with van der Waals surface area (Å²) in [5, 5.41) is 7.76. The second kappa shape index (κ2) is 11.7. The molecule has 3 aromatic heterocycles. The Morgan fingerprint density at radius 1 is 0.365 bits per heavy atom. The minimum absolute atomic E-state index is 1.11.